The average Bonchev–Trinajstić information content (AvgIpc) is 3.01. The van der Waals surface area contributed by atoms with Gasteiger partial charge in [0.05, 0.1) is 0 Å². The van der Waals surface area contributed by atoms with Gasteiger partial charge in [0.1, 0.15) is 0 Å². The van der Waals surface area contributed by atoms with E-state index in [1.165, 1.54) is 0 Å². The van der Waals surface area contributed by atoms with Gasteiger partial charge in [0, 0.05) is 24.5 Å². The van der Waals surface area contributed by atoms with Crippen LogP contribution in [-0.2, 0) is 5.67 Å². The maximum Gasteiger partial charge on any atom is 0.152 e. The molecule has 0 amide bonds. The number of nitrogens with two attached hydrogens (primary N) is 1. The van der Waals surface area contributed by atoms with Gasteiger partial charge in [0.15, 0.2) is 5.67 Å². The number of pyridine rings is 1. The number of rotatable bonds is 3. The molecule has 2 N–H and O–H groups in total. The molecular formula is C11H15FN2. The zero-order chi connectivity index (χ0) is 10.2. The summed E-state index contributed by atoms with van der Waals surface area (Å²) in [5.74, 6) is 0.107. The summed E-state index contributed by atoms with van der Waals surface area (Å²) in [6, 6.07) is 1.84. The molecule has 1 fully saturated rings. The van der Waals surface area contributed by atoms with E-state index in [-0.39, 0.29) is 12.5 Å². The Balaban J connectivity index is 2.40. The summed E-state index contributed by atoms with van der Waals surface area (Å²) in [5.41, 5.74) is 5.81. The molecule has 0 saturated heterocycles. The fraction of sp³-hybridized carbons (Fsp3) is 0.545. The molecule has 0 spiro atoms. The van der Waals surface area contributed by atoms with Gasteiger partial charge in [-0.15, -0.1) is 0 Å². The van der Waals surface area contributed by atoms with Crippen molar-refractivity contribution >= 4 is 0 Å². The van der Waals surface area contributed by atoms with Crippen LogP contribution in [0.25, 0.3) is 0 Å². The Morgan fingerprint density at radius 3 is 2.86 bits per heavy atom. The van der Waals surface area contributed by atoms with Crippen LogP contribution in [0.15, 0.2) is 18.5 Å². The first-order chi connectivity index (χ1) is 6.68. The quantitative estimate of drug-likeness (QED) is 0.798. The smallest absolute Gasteiger partial charge is 0.152 e. The maximum atomic E-state index is 14.5. The fourth-order valence-electron chi connectivity index (χ4n) is 1.94. The first kappa shape index (κ1) is 9.59. The molecule has 3 heteroatoms. The van der Waals surface area contributed by atoms with Crippen molar-refractivity contribution in [3.8, 4) is 0 Å². The molecule has 1 aromatic heterocycles. The Bertz CT molecular complexity index is 336. The molecule has 1 saturated carbocycles. The van der Waals surface area contributed by atoms with Crippen molar-refractivity contribution in [2.75, 3.05) is 6.54 Å². The molecule has 1 atom stereocenters. The van der Waals surface area contributed by atoms with Gasteiger partial charge in [0.25, 0.3) is 0 Å². The predicted octanol–water partition coefficient (Wildman–Crippen LogP) is 1.92. The van der Waals surface area contributed by atoms with E-state index >= 15 is 0 Å². The lowest BCUT2D eigenvalue weighted by atomic mass is 9.89. The first-order valence-electron chi connectivity index (χ1n) is 4.98. The van der Waals surface area contributed by atoms with E-state index in [2.05, 4.69) is 4.98 Å². The molecule has 0 aromatic carbocycles. The highest BCUT2D eigenvalue weighted by Gasteiger charge is 2.46. The summed E-state index contributed by atoms with van der Waals surface area (Å²) in [7, 11) is 0. The third kappa shape index (κ3) is 1.42. The monoisotopic (exact) mass is 194 g/mol. The van der Waals surface area contributed by atoms with E-state index in [9.17, 15) is 4.39 Å². The molecule has 1 unspecified atom stereocenters. The second-order valence-corrected chi connectivity index (χ2v) is 4.03. The van der Waals surface area contributed by atoms with Crippen molar-refractivity contribution in [3.63, 3.8) is 0 Å². The summed E-state index contributed by atoms with van der Waals surface area (Å²) in [6.45, 7) is 1.97. The van der Waals surface area contributed by atoms with Crippen LogP contribution < -0.4 is 5.73 Å². The SMILES string of the molecule is Cc1ccncc1C(F)(CN)C1CC1. The van der Waals surface area contributed by atoms with Gasteiger partial charge in [-0.3, -0.25) is 4.98 Å². The normalized spacial score (nSPS) is 20.5. The first-order valence-corrected chi connectivity index (χ1v) is 4.98. The second-order valence-electron chi connectivity index (χ2n) is 4.03. The largest absolute Gasteiger partial charge is 0.327 e. The van der Waals surface area contributed by atoms with Gasteiger partial charge in [-0.1, -0.05) is 0 Å². The topological polar surface area (TPSA) is 38.9 Å². The molecule has 0 bridgehead atoms. The lowest BCUT2D eigenvalue weighted by molar-refractivity contribution is 0.141. The molecule has 0 radical (unpaired) electrons. The molecule has 1 heterocycles. The standard InChI is InChI=1S/C11H15FN2/c1-8-4-5-14-6-10(8)11(12,7-13)9-2-3-9/h4-6,9H,2-3,7,13H2,1H3. The average molecular weight is 194 g/mol. The Morgan fingerprint density at radius 1 is 1.64 bits per heavy atom. The van der Waals surface area contributed by atoms with Crippen LogP contribution >= 0.6 is 0 Å². The van der Waals surface area contributed by atoms with Crippen LogP contribution in [0.3, 0.4) is 0 Å². The third-order valence-corrected chi connectivity index (χ3v) is 3.01. The molecule has 1 aromatic rings. The van der Waals surface area contributed by atoms with Crippen LogP contribution in [0.1, 0.15) is 24.0 Å². The molecule has 1 aliphatic carbocycles. The zero-order valence-corrected chi connectivity index (χ0v) is 8.33. The Kier molecular flexibility index (Phi) is 2.27. The number of alkyl halides is 1. The summed E-state index contributed by atoms with van der Waals surface area (Å²) in [4.78, 5) is 3.97. The molecule has 0 aliphatic heterocycles. The summed E-state index contributed by atoms with van der Waals surface area (Å²) < 4.78 is 14.5. The van der Waals surface area contributed by atoms with Crippen LogP contribution in [0.4, 0.5) is 4.39 Å². The van der Waals surface area contributed by atoms with Crippen LogP contribution in [-0.4, -0.2) is 11.5 Å². The molecule has 1 aliphatic rings. The lowest BCUT2D eigenvalue weighted by Crippen LogP contribution is -2.33. The summed E-state index contributed by atoms with van der Waals surface area (Å²) >= 11 is 0. The second kappa shape index (κ2) is 3.31. The van der Waals surface area contributed by atoms with Crippen molar-refractivity contribution in [3.05, 3.63) is 29.6 Å². The Hall–Kier alpha value is -0.960. The van der Waals surface area contributed by atoms with E-state index in [0.717, 1.165) is 18.4 Å². The van der Waals surface area contributed by atoms with Crippen LogP contribution in [0.2, 0.25) is 0 Å². The molecule has 2 nitrogen and oxygen atoms in total. The van der Waals surface area contributed by atoms with Crippen molar-refractivity contribution in [1.29, 1.82) is 0 Å². The number of aryl methyl sites for hydroxylation is 1. The van der Waals surface area contributed by atoms with Gasteiger partial charge >= 0.3 is 0 Å². The van der Waals surface area contributed by atoms with Crippen LogP contribution in [0.5, 0.6) is 0 Å². The molecular weight excluding hydrogens is 179 g/mol. The van der Waals surface area contributed by atoms with Crippen molar-refractivity contribution in [2.24, 2.45) is 11.7 Å². The van der Waals surface area contributed by atoms with Gasteiger partial charge in [-0.25, -0.2) is 4.39 Å². The highest BCUT2D eigenvalue weighted by molar-refractivity contribution is 5.30. The van der Waals surface area contributed by atoms with E-state index < -0.39 is 5.67 Å². The van der Waals surface area contributed by atoms with Crippen LogP contribution in [0, 0.1) is 12.8 Å². The highest BCUT2D eigenvalue weighted by Crippen LogP contribution is 2.48. The van der Waals surface area contributed by atoms with Gasteiger partial charge in [-0.05, 0) is 37.3 Å². The van der Waals surface area contributed by atoms with Gasteiger partial charge in [-0.2, -0.15) is 0 Å². The summed E-state index contributed by atoms with van der Waals surface area (Å²) in [6.07, 6.45) is 5.19. The summed E-state index contributed by atoms with van der Waals surface area (Å²) in [5, 5.41) is 0. The van der Waals surface area contributed by atoms with E-state index in [1.807, 2.05) is 13.0 Å². The van der Waals surface area contributed by atoms with Crippen molar-refractivity contribution in [2.45, 2.75) is 25.4 Å². The highest BCUT2D eigenvalue weighted by atomic mass is 19.1. The van der Waals surface area contributed by atoms with Crippen molar-refractivity contribution in [1.82, 2.24) is 4.98 Å². The number of halogens is 1. The lowest BCUT2D eigenvalue weighted by Gasteiger charge is -2.25. The third-order valence-electron chi connectivity index (χ3n) is 3.01. The molecule has 76 valence electrons. The fourth-order valence-corrected chi connectivity index (χ4v) is 1.94. The van der Waals surface area contributed by atoms with Gasteiger partial charge in [0.2, 0.25) is 0 Å². The van der Waals surface area contributed by atoms with E-state index in [1.54, 1.807) is 12.4 Å². The molecule has 14 heavy (non-hydrogen) atoms. The minimum absolute atomic E-state index is 0.0597. The minimum atomic E-state index is -1.35. The maximum absolute atomic E-state index is 14.5. The number of aromatic nitrogens is 1. The van der Waals surface area contributed by atoms with Crippen molar-refractivity contribution < 1.29 is 4.39 Å². The number of hydrogen-bond acceptors (Lipinski definition) is 2. The van der Waals surface area contributed by atoms with E-state index in [0.29, 0.717) is 5.56 Å². The minimum Gasteiger partial charge on any atom is -0.327 e. The molecule has 2 rings (SSSR count). The predicted molar refractivity (Wildman–Crippen MR) is 53.5 cm³/mol. The number of nitrogens with zero attached hydrogens (tertiary/aromatic N) is 1. The van der Waals surface area contributed by atoms with E-state index in [4.69, 9.17) is 5.73 Å². The zero-order valence-electron chi connectivity index (χ0n) is 8.33. The number of hydrogen-bond donors (Lipinski definition) is 1. The Morgan fingerprint density at radius 2 is 2.36 bits per heavy atom. The van der Waals surface area contributed by atoms with Gasteiger partial charge < -0.3 is 5.73 Å². The Labute approximate surface area is 83.3 Å².